The summed E-state index contributed by atoms with van der Waals surface area (Å²) in [6.45, 7) is 3.83. The third-order valence-corrected chi connectivity index (χ3v) is 8.48. The summed E-state index contributed by atoms with van der Waals surface area (Å²) in [5.74, 6) is 0.0536. The third-order valence-electron chi connectivity index (χ3n) is 6.33. The van der Waals surface area contributed by atoms with Crippen LogP contribution in [0.15, 0.2) is 38.8 Å². The van der Waals surface area contributed by atoms with Crippen molar-refractivity contribution in [2.75, 3.05) is 13.1 Å². The summed E-state index contributed by atoms with van der Waals surface area (Å²) in [4.78, 5) is 18.3. The maximum absolute atomic E-state index is 13.3. The van der Waals surface area contributed by atoms with Crippen LogP contribution in [0.25, 0.3) is 0 Å². The fourth-order valence-electron chi connectivity index (χ4n) is 4.63. The molecule has 0 unspecified atom stereocenters. The van der Waals surface area contributed by atoms with Gasteiger partial charge in [-0.25, -0.2) is 8.42 Å². The molecule has 0 atom stereocenters. The molecule has 2 aromatic rings. The van der Waals surface area contributed by atoms with Crippen LogP contribution in [-0.4, -0.2) is 47.5 Å². The van der Waals surface area contributed by atoms with E-state index >= 15 is 0 Å². The first-order valence-corrected chi connectivity index (χ1v) is 12.5. The van der Waals surface area contributed by atoms with E-state index in [2.05, 4.69) is 5.16 Å². The number of carbonyl (C=O) groups is 1. The molecule has 2 aromatic heterocycles. The van der Waals surface area contributed by atoms with Gasteiger partial charge in [-0.15, -0.1) is 0 Å². The molecular weight excluding hydrogens is 416 g/mol. The summed E-state index contributed by atoms with van der Waals surface area (Å²) in [6.07, 6.45) is 8.51. The molecule has 3 heterocycles. The Kier molecular flexibility index (Phi) is 6.43. The third kappa shape index (κ3) is 4.52. The number of hydrogen-bond donors (Lipinski definition) is 0. The minimum Gasteiger partial charge on any atom is -0.360 e. The van der Waals surface area contributed by atoms with E-state index in [4.69, 9.17) is 9.52 Å². The Morgan fingerprint density at radius 1 is 1.10 bits per heavy atom. The van der Waals surface area contributed by atoms with Crippen molar-refractivity contribution in [3.63, 3.8) is 0 Å². The zero-order chi connectivity index (χ0) is 22.0. The lowest BCUT2D eigenvalue weighted by atomic mass is 9.96. The van der Waals surface area contributed by atoms with Crippen LogP contribution in [-0.2, 0) is 10.0 Å². The number of piperidine rings is 1. The molecule has 0 aromatic carbocycles. The van der Waals surface area contributed by atoms with Crippen LogP contribution >= 0.6 is 0 Å². The molecule has 0 spiro atoms. The van der Waals surface area contributed by atoms with Crippen LogP contribution in [0.3, 0.4) is 0 Å². The summed E-state index contributed by atoms with van der Waals surface area (Å²) < 4.78 is 34.2. The number of nitrogens with zero attached hydrogens (tertiary/aromatic N) is 4. The van der Waals surface area contributed by atoms with Crippen molar-refractivity contribution >= 4 is 15.9 Å². The van der Waals surface area contributed by atoms with Crippen LogP contribution in [0.4, 0.5) is 0 Å². The van der Waals surface area contributed by atoms with Gasteiger partial charge in [0.15, 0.2) is 5.76 Å². The first-order chi connectivity index (χ1) is 14.9. The molecular formula is C22H30N4O4S. The van der Waals surface area contributed by atoms with Crippen molar-refractivity contribution in [1.82, 2.24) is 14.0 Å². The highest BCUT2D eigenvalue weighted by Crippen LogP contribution is 2.28. The van der Waals surface area contributed by atoms with Crippen LogP contribution in [0.1, 0.15) is 61.2 Å². The molecule has 2 fully saturated rings. The predicted octanol–water partition coefficient (Wildman–Crippen LogP) is 3.07. The second kappa shape index (κ2) is 9.08. The van der Waals surface area contributed by atoms with Gasteiger partial charge in [-0.3, -0.25) is 14.4 Å². The van der Waals surface area contributed by atoms with E-state index in [0.29, 0.717) is 42.9 Å². The molecule has 0 N–H and O–H groups in total. The van der Waals surface area contributed by atoms with E-state index in [0.717, 1.165) is 12.8 Å². The Morgan fingerprint density at radius 2 is 1.81 bits per heavy atom. The van der Waals surface area contributed by atoms with Gasteiger partial charge in [0.2, 0.25) is 15.9 Å². The summed E-state index contributed by atoms with van der Waals surface area (Å²) >= 11 is 0. The molecule has 0 bridgehead atoms. The highest BCUT2D eigenvalue weighted by Gasteiger charge is 2.35. The van der Waals surface area contributed by atoms with Crippen molar-refractivity contribution in [1.29, 1.82) is 0 Å². The second-order valence-corrected chi connectivity index (χ2v) is 10.4. The van der Waals surface area contributed by atoms with Gasteiger partial charge in [0.25, 0.3) is 0 Å². The maximum atomic E-state index is 13.3. The SMILES string of the molecule is Cc1noc(C)c1S(=O)(=O)N1CCC(C(=O)n2ccccc2=NC2CCCCC2)CC1. The normalized spacial score (nSPS) is 20.3. The second-order valence-electron chi connectivity index (χ2n) is 8.52. The van der Waals surface area contributed by atoms with E-state index in [1.54, 1.807) is 24.6 Å². The lowest BCUT2D eigenvalue weighted by molar-refractivity contribution is 0.0780. The van der Waals surface area contributed by atoms with Gasteiger partial charge in [-0.05, 0) is 51.7 Å². The van der Waals surface area contributed by atoms with E-state index in [-0.39, 0.29) is 22.8 Å². The van der Waals surface area contributed by atoms with Crippen molar-refractivity contribution in [2.45, 2.75) is 69.7 Å². The van der Waals surface area contributed by atoms with Gasteiger partial charge in [0.1, 0.15) is 16.1 Å². The van der Waals surface area contributed by atoms with Gasteiger partial charge >= 0.3 is 0 Å². The fraction of sp³-hybridized carbons (Fsp3) is 0.591. The lowest BCUT2D eigenvalue weighted by Crippen LogP contribution is -2.43. The molecule has 1 saturated carbocycles. The van der Waals surface area contributed by atoms with E-state index in [1.165, 1.54) is 23.6 Å². The molecule has 2 aliphatic rings. The lowest BCUT2D eigenvalue weighted by Gasteiger charge is -2.30. The molecule has 8 nitrogen and oxygen atoms in total. The quantitative estimate of drug-likeness (QED) is 0.719. The summed E-state index contributed by atoms with van der Waals surface area (Å²) in [5, 5.41) is 3.77. The number of sulfonamides is 1. The highest BCUT2D eigenvalue weighted by atomic mass is 32.2. The zero-order valence-corrected chi connectivity index (χ0v) is 19.0. The monoisotopic (exact) mass is 446 g/mol. The maximum Gasteiger partial charge on any atom is 0.248 e. The van der Waals surface area contributed by atoms with Gasteiger partial charge in [0.05, 0.1) is 6.04 Å². The standard InChI is InChI=1S/C22H30N4O4S/c1-16-21(17(2)30-24-16)31(28,29)25-14-11-18(12-15-25)22(27)26-13-7-6-10-20(26)23-19-8-4-3-5-9-19/h6-7,10,13,18-19H,3-5,8-9,11-12,14-15H2,1-2H3. The molecule has 1 aliphatic carbocycles. The topological polar surface area (TPSA) is 97.8 Å². The number of hydrogen-bond acceptors (Lipinski definition) is 6. The van der Waals surface area contributed by atoms with Crippen LogP contribution in [0.5, 0.6) is 0 Å². The van der Waals surface area contributed by atoms with Crippen LogP contribution in [0, 0.1) is 19.8 Å². The summed E-state index contributed by atoms with van der Waals surface area (Å²) in [5.41, 5.74) is 1.06. The Balaban J connectivity index is 1.49. The largest absolute Gasteiger partial charge is 0.360 e. The average molecular weight is 447 g/mol. The smallest absolute Gasteiger partial charge is 0.248 e. The molecule has 1 saturated heterocycles. The minimum atomic E-state index is -3.68. The molecule has 0 amide bonds. The number of rotatable bonds is 4. The van der Waals surface area contributed by atoms with Crippen LogP contribution < -0.4 is 5.49 Å². The summed E-state index contributed by atoms with van der Waals surface area (Å²) in [6, 6.07) is 5.92. The fourth-order valence-corrected chi connectivity index (χ4v) is 6.40. The van der Waals surface area contributed by atoms with Crippen molar-refractivity contribution in [3.05, 3.63) is 41.3 Å². The predicted molar refractivity (Wildman–Crippen MR) is 115 cm³/mol. The average Bonchev–Trinajstić information content (AvgIpc) is 3.13. The number of carbonyl (C=O) groups excluding carboxylic acids is 1. The Hall–Kier alpha value is -2.26. The molecule has 0 radical (unpaired) electrons. The molecule has 4 rings (SSSR count). The molecule has 168 valence electrons. The van der Waals surface area contributed by atoms with Gasteiger partial charge in [-0.2, -0.15) is 4.31 Å². The van der Waals surface area contributed by atoms with Gasteiger partial charge in [-0.1, -0.05) is 30.5 Å². The number of pyridine rings is 1. The van der Waals surface area contributed by atoms with Crippen molar-refractivity contribution in [3.8, 4) is 0 Å². The Labute approximate surface area is 183 Å². The van der Waals surface area contributed by atoms with E-state index in [1.807, 2.05) is 18.2 Å². The van der Waals surface area contributed by atoms with Crippen molar-refractivity contribution in [2.24, 2.45) is 10.9 Å². The number of aromatic nitrogens is 2. The molecule has 1 aliphatic heterocycles. The Bertz CT molecular complexity index is 1090. The first-order valence-electron chi connectivity index (χ1n) is 11.1. The Morgan fingerprint density at radius 3 is 2.45 bits per heavy atom. The zero-order valence-electron chi connectivity index (χ0n) is 18.2. The summed E-state index contributed by atoms with van der Waals surface area (Å²) in [7, 11) is -3.68. The minimum absolute atomic E-state index is 0.00968. The van der Waals surface area contributed by atoms with Crippen LogP contribution in [0.2, 0.25) is 0 Å². The van der Waals surface area contributed by atoms with Gasteiger partial charge in [0, 0.05) is 25.2 Å². The number of aryl methyl sites for hydroxylation is 2. The van der Waals surface area contributed by atoms with Gasteiger partial charge < -0.3 is 4.52 Å². The first kappa shape index (κ1) is 22.0. The molecule has 9 heteroatoms. The van der Waals surface area contributed by atoms with E-state index < -0.39 is 10.0 Å². The highest BCUT2D eigenvalue weighted by molar-refractivity contribution is 7.89. The van der Waals surface area contributed by atoms with E-state index in [9.17, 15) is 13.2 Å². The molecule has 31 heavy (non-hydrogen) atoms. The van der Waals surface area contributed by atoms with Crippen molar-refractivity contribution < 1.29 is 17.7 Å².